The normalized spacial score (nSPS) is 19.1. The number of piperidine rings is 1. The number of thioether (sulfide) groups is 1. The zero-order valence-corrected chi connectivity index (χ0v) is 13.3. The summed E-state index contributed by atoms with van der Waals surface area (Å²) in [6, 6.07) is 3.82. The number of hydrogen-bond acceptors (Lipinski definition) is 4. The largest absolute Gasteiger partial charge is 0.481 e. The molecule has 110 valence electrons. The Hall–Kier alpha value is -0.720. The number of likely N-dealkylation sites (tertiary alicyclic amines) is 1. The third-order valence-electron chi connectivity index (χ3n) is 3.22. The van der Waals surface area contributed by atoms with Gasteiger partial charge in [0.25, 0.3) is 0 Å². The van der Waals surface area contributed by atoms with Crippen LogP contribution in [0, 0.1) is 5.92 Å². The van der Waals surface area contributed by atoms with E-state index >= 15 is 0 Å². The van der Waals surface area contributed by atoms with Crippen molar-refractivity contribution >= 4 is 46.6 Å². The number of halogens is 1. The molecule has 0 saturated carbocycles. The van der Waals surface area contributed by atoms with E-state index in [4.69, 9.17) is 16.7 Å². The summed E-state index contributed by atoms with van der Waals surface area (Å²) in [6.07, 6.45) is 1.44. The first-order chi connectivity index (χ1) is 9.56. The van der Waals surface area contributed by atoms with E-state index in [1.54, 1.807) is 16.7 Å². The van der Waals surface area contributed by atoms with Crippen molar-refractivity contribution < 1.29 is 14.7 Å². The summed E-state index contributed by atoms with van der Waals surface area (Å²) in [7, 11) is 0. The Labute approximate surface area is 131 Å². The summed E-state index contributed by atoms with van der Waals surface area (Å²) in [4.78, 5) is 25.8. The van der Waals surface area contributed by atoms with Crippen molar-refractivity contribution in [2.24, 2.45) is 5.92 Å². The molecule has 1 atom stereocenters. The van der Waals surface area contributed by atoms with Crippen LogP contribution < -0.4 is 0 Å². The van der Waals surface area contributed by atoms with Gasteiger partial charge in [-0.25, -0.2) is 0 Å². The second-order valence-corrected chi connectivity index (χ2v) is 7.50. The molecule has 1 aliphatic rings. The first-order valence-electron chi connectivity index (χ1n) is 6.39. The first kappa shape index (κ1) is 15.7. The minimum Gasteiger partial charge on any atom is -0.481 e. The lowest BCUT2D eigenvalue weighted by molar-refractivity contribution is -0.145. The van der Waals surface area contributed by atoms with Gasteiger partial charge in [0.05, 0.1) is 16.0 Å². The molecule has 1 N–H and O–H groups in total. The maximum atomic E-state index is 12.1. The number of thiophene rings is 1. The van der Waals surface area contributed by atoms with Crippen LogP contribution in [0.1, 0.15) is 17.7 Å². The Morgan fingerprint density at radius 2 is 2.30 bits per heavy atom. The number of carboxylic acid groups (broad SMARTS) is 1. The molecule has 20 heavy (non-hydrogen) atoms. The van der Waals surface area contributed by atoms with Gasteiger partial charge in [-0.1, -0.05) is 11.6 Å². The van der Waals surface area contributed by atoms with Crippen molar-refractivity contribution in [3.05, 3.63) is 21.3 Å². The minimum atomic E-state index is -0.802. The second-order valence-electron chi connectivity index (χ2n) is 4.72. The van der Waals surface area contributed by atoms with E-state index < -0.39 is 11.9 Å². The Bertz CT molecular complexity index is 492. The molecule has 0 unspecified atom stereocenters. The van der Waals surface area contributed by atoms with Gasteiger partial charge >= 0.3 is 5.97 Å². The van der Waals surface area contributed by atoms with Crippen LogP contribution in [-0.4, -0.2) is 40.7 Å². The molecule has 1 aromatic rings. The van der Waals surface area contributed by atoms with E-state index in [2.05, 4.69) is 0 Å². The molecule has 1 saturated heterocycles. The summed E-state index contributed by atoms with van der Waals surface area (Å²) in [6.45, 7) is 1.02. The molecule has 4 nitrogen and oxygen atoms in total. The molecule has 1 aliphatic heterocycles. The zero-order chi connectivity index (χ0) is 14.5. The molecule has 0 radical (unpaired) electrons. The highest BCUT2D eigenvalue weighted by atomic mass is 35.5. The van der Waals surface area contributed by atoms with Gasteiger partial charge in [-0.2, -0.15) is 0 Å². The van der Waals surface area contributed by atoms with Gasteiger partial charge in [0, 0.05) is 23.7 Å². The fourth-order valence-corrected chi connectivity index (χ4v) is 4.29. The van der Waals surface area contributed by atoms with E-state index in [1.165, 1.54) is 11.3 Å². The number of hydrogen-bond donors (Lipinski definition) is 1. The van der Waals surface area contributed by atoms with Crippen LogP contribution in [0.5, 0.6) is 0 Å². The molecule has 0 bridgehead atoms. The maximum Gasteiger partial charge on any atom is 0.308 e. The molecule has 1 aromatic heterocycles. The number of amides is 1. The van der Waals surface area contributed by atoms with Gasteiger partial charge < -0.3 is 10.0 Å². The lowest BCUT2D eigenvalue weighted by Crippen LogP contribution is -2.43. The Morgan fingerprint density at radius 1 is 1.50 bits per heavy atom. The maximum absolute atomic E-state index is 12.1. The van der Waals surface area contributed by atoms with E-state index in [-0.39, 0.29) is 5.91 Å². The molecule has 0 spiro atoms. The van der Waals surface area contributed by atoms with Crippen molar-refractivity contribution in [2.75, 3.05) is 18.8 Å². The fraction of sp³-hybridized carbons (Fsp3) is 0.538. The summed E-state index contributed by atoms with van der Waals surface area (Å²) >= 11 is 8.91. The number of carbonyl (C=O) groups excluding carboxylic acids is 1. The number of nitrogens with zero attached hydrogens (tertiary/aromatic N) is 1. The summed E-state index contributed by atoms with van der Waals surface area (Å²) in [5, 5.41) is 9.01. The number of carboxylic acids is 1. The minimum absolute atomic E-state index is 0.0311. The van der Waals surface area contributed by atoms with E-state index in [9.17, 15) is 9.59 Å². The molecule has 2 rings (SSSR count). The fourth-order valence-electron chi connectivity index (χ4n) is 2.16. The molecule has 2 heterocycles. The van der Waals surface area contributed by atoms with Gasteiger partial charge in [-0.05, 0) is 25.0 Å². The van der Waals surface area contributed by atoms with Crippen molar-refractivity contribution in [3.8, 4) is 0 Å². The van der Waals surface area contributed by atoms with Crippen LogP contribution in [0.4, 0.5) is 0 Å². The van der Waals surface area contributed by atoms with Gasteiger partial charge in [-0.3, -0.25) is 9.59 Å². The zero-order valence-electron chi connectivity index (χ0n) is 10.9. The van der Waals surface area contributed by atoms with Crippen LogP contribution in [0.25, 0.3) is 0 Å². The molecule has 1 fully saturated rings. The Morgan fingerprint density at radius 3 is 2.95 bits per heavy atom. The standard InChI is InChI=1S/C13H16ClNO3S2/c14-11-4-3-10(20-11)7-19-8-12(16)15-5-1-2-9(6-15)13(17)18/h3-4,9H,1-2,5-8H2,(H,17,18)/t9-/m0/s1. The van der Waals surface area contributed by atoms with Crippen LogP contribution in [-0.2, 0) is 15.3 Å². The van der Waals surface area contributed by atoms with Gasteiger partial charge in [0.15, 0.2) is 0 Å². The van der Waals surface area contributed by atoms with Crippen molar-refractivity contribution in [3.63, 3.8) is 0 Å². The van der Waals surface area contributed by atoms with Gasteiger partial charge in [0.1, 0.15) is 0 Å². The quantitative estimate of drug-likeness (QED) is 0.900. The average Bonchev–Trinajstić information content (AvgIpc) is 2.84. The van der Waals surface area contributed by atoms with Crippen LogP contribution in [0.3, 0.4) is 0 Å². The van der Waals surface area contributed by atoms with E-state index in [1.807, 2.05) is 12.1 Å². The predicted octanol–water partition coefficient (Wildman–Crippen LogP) is 2.96. The molecule has 0 aliphatic carbocycles. The van der Waals surface area contributed by atoms with Crippen molar-refractivity contribution in [1.29, 1.82) is 0 Å². The molecule has 0 aromatic carbocycles. The third-order valence-corrected chi connectivity index (χ3v) is 5.60. The lowest BCUT2D eigenvalue weighted by atomic mass is 9.98. The summed E-state index contributed by atoms with van der Waals surface area (Å²) < 4.78 is 0.757. The molecule has 1 amide bonds. The van der Waals surface area contributed by atoms with Crippen LogP contribution >= 0.6 is 34.7 Å². The predicted molar refractivity (Wildman–Crippen MR) is 82.4 cm³/mol. The SMILES string of the molecule is O=C(O)[C@H]1CCCN(C(=O)CSCc2ccc(Cl)s2)C1. The number of carbonyl (C=O) groups is 2. The van der Waals surface area contributed by atoms with E-state index in [0.29, 0.717) is 25.3 Å². The molecular formula is C13H16ClNO3S2. The monoisotopic (exact) mass is 333 g/mol. The smallest absolute Gasteiger partial charge is 0.308 e. The third kappa shape index (κ3) is 4.40. The molecular weight excluding hydrogens is 318 g/mol. The van der Waals surface area contributed by atoms with Gasteiger partial charge in [-0.15, -0.1) is 23.1 Å². The topological polar surface area (TPSA) is 57.6 Å². The Balaban J connectivity index is 1.75. The summed E-state index contributed by atoms with van der Waals surface area (Å²) in [5.41, 5.74) is 0. The van der Waals surface area contributed by atoms with Crippen LogP contribution in [0.2, 0.25) is 4.34 Å². The number of aliphatic carboxylic acids is 1. The highest BCUT2D eigenvalue weighted by Gasteiger charge is 2.27. The van der Waals surface area contributed by atoms with Crippen molar-refractivity contribution in [1.82, 2.24) is 4.90 Å². The van der Waals surface area contributed by atoms with Crippen LogP contribution in [0.15, 0.2) is 12.1 Å². The average molecular weight is 334 g/mol. The summed E-state index contributed by atoms with van der Waals surface area (Å²) in [5.74, 6) is -0.0259. The van der Waals surface area contributed by atoms with Gasteiger partial charge in [0.2, 0.25) is 5.91 Å². The van der Waals surface area contributed by atoms with E-state index in [0.717, 1.165) is 21.4 Å². The Kier molecular flexibility index (Phi) is 5.74. The lowest BCUT2D eigenvalue weighted by Gasteiger charge is -2.30. The highest BCUT2D eigenvalue weighted by Crippen LogP contribution is 2.25. The highest BCUT2D eigenvalue weighted by molar-refractivity contribution is 7.99. The number of rotatable bonds is 5. The molecule has 7 heteroatoms. The van der Waals surface area contributed by atoms with Crippen molar-refractivity contribution in [2.45, 2.75) is 18.6 Å². The second kappa shape index (κ2) is 7.33. The first-order valence-corrected chi connectivity index (χ1v) is 8.73.